The minimum absolute atomic E-state index is 0.0520. The smallest absolute Gasteiger partial charge is 0.261 e. The molecule has 1 saturated heterocycles. The molecule has 28 heavy (non-hydrogen) atoms. The number of amides is 1. The quantitative estimate of drug-likeness (QED) is 0.743. The Kier molecular flexibility index (Phi) is 7.10. The van der Waals surface area contributed by atoms with Gasteiger partial charge in [0.25, 0.3) is 5.91 Å². The maximum absolute atomic E-state index is 12.9. The fourth-order valence-electron chi connectivity index (χ4n) is 3.78. The van der Waals surface area contributed by atoms with E-state index in [2.05, 4.69) is 36.5 Å². The van der Waals surface area contributed by atoms with Crippen molar-refractivity contribution in [3.05, 3.63) is 65.7 Å². The Balaban J connectivity index is 1.65. The predicted octanol–water partition coefficient (Wildman–Crippen LogP) is 4.27. The minimum Gasteiger partial charge on any atom is -0.481 e. The van der Waals surface area contributed by atoms with E-state index in [4.69, 9.17) is 9.47 Å². The van der Waals surface area contributed by atoms with Gasteiger partial charge < -0.3 is 14.8 Å². The Morgan fingerprint density at radius 2 is 1.75 bits per heavy atom. The Morgan fingerprint density at radius 1 is 1.07 bits per heavy atom. The summed E-state index contributed by atoms with van der Waals surface area (Å²) >= 11 is 0. The van der Waals surface area contributed by atoms with Crippen molar-refractivity contribution in [2.24, 2.45) is 0 Å². The van der Waals surface area contributed by atoms with Crippen molar-refractivity contribution >= 4 is 5.91 Å². The second-order valence-electron chi connectivity index (χ2n) is 7.49. The van der Waals surface area contributed by atoms with E-state index in [1.807, 2.05) is 37.3 Å². The van der Waals surface area contributed by atoms with Gasteiger partial charge in [0.05, 0.1) is 0 Å². The molecular formula is C24H31NO3. The third-order valence-corrected chi connectivity index (χ3v) is 5.71. The molecule has 1 fully saturated rings. The largest absolute Gasteiger partial charge is 0.481 e. The summed E-state index contributed by atoms with van der Waals surface area (Å²) in [4.78, 5) is 12.9. The molecule has 0 aliphatic carbocycles. The molecular weight excluding hydrogens is 350 g/mol. The highest BCUT2D eigenvalue weighted by molar-refractivity contribution is 5.81. The lowest BCUT2D eigenvalue weighted by Gasteiger charge is -2.38. The Bertz CT molecular complexity index is 736. The van der Waals surface area contributed by atoms with Crippen LogP contribution in [-0.4, -0.2) is 31.8 Å². The first-order valence-corrected chi connectivity index (χ1v) is 10.3. The molecule has 1 unspecified atom stereocenters. The van der Waals surface area contributed by atoms with Gasteiger partial charge in [0.2, 0.25) is 0 Å². The summed E-state index contributed by atoms with van der Waals surface area (Å²) in [5.74, 6) is 0.687. The van der Waals surface area contributed by atoms with E-state index in [1.165, 1.54) is 11.1 Å². The van der Waals surface area contributed by atoms with E-state index >= 15 is 0 Å². The van der Waals surface area contributed by atoms with E-state index < -0.39 is 6.10 Å². The first kappa shape index (κ1) is 20.4. The summed E-state index contributed by atoms with van der Waals surface area (Å²) in [6, 6.07) is 18.4. The van der Waals surface area contributed by atoms with Crippen molar-refractivity contribution in [2.75, 3.05) is 19.8 Å². The van der Waals surface area contributed by atoms with Gasteiger partial charge in [0.1, 0.15) is 5.75 Å². The van der Waals surface area contributed by atoms with E-state index in [1.54, 1.807) is 0 Å². The van der Waals surface area contributed by atoms with Crippen LogP contribution in [0.3, 0.4) is 0 Å². The number of hydrogen-bond donors (Lipinski definition) is 1. The Labute approximate surface area is 168 Å². The molecule has 1 amide bonds. The standard InChI is InChI=1S/C24H31NO3/c1-3-19-10-12-21(13-11-19)28-22(4-2)23(26)25-18-24(14-16-27-17-15-24)20-8-6-5-7-9-20/h5-13,22H,3-4,14-18H2,1-2H3,(H,25,26). The van der Waals surface area contributed by atoms with E-state index in [0.717, 1.165) is 38.2 Å². The van der Waals surface area contributed by atoms with Crippen LogP contribution in [0.1, 0.15) is 44.2 Å². The first-order valence-electron chi connectivity index (χ1n) is 10.3. The normalized spacial score (nSPS) is 16.9. The van der Waals surface area contributed by atoms with Crippen molar-refractivity contribution < 1.29 is 14.3 Å². The van der Waals surface area contributed by atoms with Gasteiger partial charge in [-0.1, -0.05) is 56.3 Å². The topological polar surface area (TPSA) is 47.6 Å². The molecule has 4 heteroatoms. The molecule has 1 heterocycles. The maximum atomic E-state index is 12.9. The van der Waals surface area contributed by atoms with E-state index in [0.29, 0.717) is 13.0 Å². The maximum Gasteiger partial charge on any atom is 0.261 e. The van der Waals surface area contributed by atoms with Gasteiger partial charge in [-0.3, -0.25) is 4.79 Å². The molecule has 4 nitrogen and oxygen atoms in total. The molecule has 0 aromatic heterocycles. The highest BCUT2D eigenvalue weighted by Gasteiger charge is 2.35. The summed E-state index contributed by atoms with van der Waals surface area (Å²) in [6.45, 7) is 6.15. The second kappa shape index (κ2) is 9.74. The van der Waals surface area contributed by atoms with Crippen LogP contribution < -0.4 is 10.1 Å². The third-order valence-electron chi connectivity index (χ3n) is 5.71. The molecule has 0 saturated carbocycles. The molecule has 1 aliphatic rings. The lowest BCUT2D eigenvalue weighted by atomic mass is 9.74. The van der Waals surface area contributed by atoms with Crippen molar-refractivity contribution in [1.29, 1.82) is 0 Å². The molecule has 0 bridgehead atoms. The van der Waals surface area contributed by atoms with Crippen LogP contribution in [0.5, 0.6) is 5.75 Å². The van der Waals surface area contributed by atoms with Crippen molar-refractivity contribution in [2.45, 2.75) is 51.0 Å². The van der Waals surface area contributed by atoms with Gasteiger partial charge in [-0.15, -0.1) is 0 Å². The molecule has 2 aromatic carbocycles. The third kappa shape index (κ3) is 4.93. The number of nitrogens with one attached hydrogen (secondary N) is 1. The summed E-state index contributed by atoms with van der Waals surface area (Å²) in [6.07, 6.45) is 2.95. The summed E-state index contributed by atoms with van der Waals surface area (Å²) in [5, 5.41) is 3.17. The highest BCUT2D eigenvalue weighted by Crippen LogP contribution is 2.34. The monoisotopic (exact) mass is 381 g/mol. The second-order valence-corrected chi connectivity index (χ2v) is 7.49. The number of benzene rings is 2. The number of hydrogen-bond acceptors (Lipinski definition) is 3. The van der Waals surface area contributed by atoms with E-state index in [-0.39, 0.29) is 11.3 Å². The zero-order valence-electron chi connectivity index (χ0n) is 16.9. The van der Waals surface area contributed by atoms with Gasteiger partial charge in [-0.2, -0.15) is 0 Å². The Morgan fingerprint density at radius 3 is 2.36 bits per heavy atom. The van der Waals surface area contributed by atoms with Gasteiger partial charge in [0.15, 0.2) is 6.10 Å². The van der Waals surface area contributed by atoms with Gasteiger partial charge >= 0.3 is 0 Å². The predicted molar refractivity (Wildman–Crippen MR) is 112 cm³/mol. The Hall–Kier alpha value is -2.33. The molecule has 0 spiro atoms. The van der Waals surface area contributed by atoms with Crippen molar-refractivity contribution in [1.82, 2.24) is 5.32 Å². The van der Waals surface area contributed by atoms with Crippen LogP contribution in [0, 0.1) is 0 Å². The van der Waals surface area contributed by atoms with Crippen LogP contribution in [0.2, 0.25) is 0 Å². The van der Waals surface area contributed by atoms with Crippen LogP contribution >= 0.6 is 0 Å². The first-order chi connectivity index (χ1) is 13.7. The van der Waals surface area contributed by atoms with Gasteiger partial charge in [-0.05, 0) is 48.9 Å². The van der Waals surface area contributed by atoms with Crippen LogP contribution in [0.25, 0.3) is 0 Å². The SMILES string of the molecule is CCc1ccc(OC(CC)C(=O)NCC2(c3ccccc3)CCOCC2)cc1. The van der Waals surface area contributed by atoms with Crippen molar-refractivity contribution in [3.63, 3.8) is 0 Å². The number of aryl methyl sites for hydroxylation is 1. The summed E-state index contributed by atoms with van der Waals surface area (Å²) in [5.41, 5.74) is 2.45. The average Bonchev–Trinajstić information content (AvgIpc) is 2.77. The number of rotatable bonds is 8. The molecule has 1 aliphatic heterocycles. The zero-order valence-corrected chi connectivity index (χ0v) is 16.9. The molecule has 1 atom stereocenters. The fraction of sp³-hybridized carbons (Fsp3) is 0.458. The summed E-state index contributed by atoms with van der Waals surface area (Å²) in [7, 11) is 0. The molecule has 1 N–H and O–H groups in total. The van der Waals surface area contributed by atoms with Crippen molar-refractivity contribution in [3.8, 4) is 5.75 Å². The molecule has 150 valence electrons. The van der Waals surface area contributed by atoms with Gasteiger partial charge in [0, 0.05) is 25.2 Å². The number of carbonyl (C=O) groups excluding carboxylic acids is 1. The molecule has 2 aromatic rings. The van der Waals surface area contributed by atoms with Crippen LogP contribution in [0.4, 0.5) is 0 Å². The fourth-order valence-corrected chi connectivity index (χ4v) is 3.78. The zero-order chi connectivity index (χ0) is 19.8. The highest BCUT2D eigenvalue weighted by atomic mass is 16.5. The average molecular weight is 382 g/mol. The van der Waals surface area contributed by atoms with Crippen LogP contribution in [-0.2, 0) is 21.4 Å². The van der Waals surface area contributed by atoms with E-state index in [9.17, 15) is 4.79 Å². The lowest BCUT2D eigenvalue weighted by Crippen LogP contribution is -2.48. The lowest BCUT2D eigenvalue weighted by molar-refractivity contribution is -0.128. The molecule has 3 rings (SSSR count). The van der Waals surface area contributed by atoms with Gasteiger partial charge in [-0.25, -0.2) is 0 Å². The minimum atomic E-state index is -0.486. The number of ether oxygens (including phenoxy) is 2. The number of carbonyl (C=O) groups is 1. The van der Waals surface area contributed by atoms with Crippen LogP contribution in [0.15, 0.2) is 54.6 Å². The summed E-state index contributed by atoms with van der Waals surface area (Å²) < 4.78 is 11.5. The molecule has 0 radical (unpaired) electrons.